The maximum atomic E-state index is 11.7. The molecule has 1 aliphatic carbocycles. The molecule has 3 rings (SSSR count). The molecule has 1 atom stereocenters. The van der Waals surface area contributed by atoms with Crippen LogP contribution in [0.1, 0.15) is 32.6 Å². The van der Waals surface area contributed by atoms with E-state index in [0.717, 1.165) is 12.5 Å². The summed E-state index contributed by atoms with van der Waals surface area (Å²) in [5.74, 6) is 0.905. The number of amides is 1. The SMILES string of the molecule is C[C@H](N)C(=O)N1CC2CCC1CC2. The minimum atomic E-state index is -0.320. The summed E-state index contributed by atoms with van der Waals surface area (Å²) in [5, 5.41) is 0. The number of nitrogens with zero attached hydrogens (tertiary/aromatic N) is 1. The zero-order valence-corrected chi connectivity index (χ0v) is 8.20. The van der Waals surface area contributed by atoms with Crippen molar-refractivity contribution in [3.8, 4) is 0 Å². The van der Waals surface area contributed by atoms with Crippen molar-refractivity contribution in [3.63, 3.8) is 0 Å². The van der Waals surface area contributed by atoms with Gasteiger partial charge in [-0.05, 0) is 38.5 Å². The molecule has 3 fully saturated rings. The van der Waals surface area contributed by atoms with Crippen LogP contribution in [0.15, 0.2) is 0 Å². The van der Waals surface area contributed by atoms with Gasteiger partial charge in [0.15, 0.2) is 0 Å². The van der Waals surface area contributed by atoms with Crippen molar-refractivity contribution in [3.05, 3.63) is 0 Å². The van der Waals surface area contributed by atoms with Crippen LogP contribution < -0.4 is 5.73 Å². The Hall–Kier alpha value is -0.570. The summed E-state index contributed by atoms with van der Waals surface area (Å²) < 4.78 is 0. The van der Waals surface area contributed by atoms with E-state index < -0.39 is 0 Å². The fourth-order valence-corrected chi connectivity index (χ4v) is 2.60. The van der Waals surface area contributed by atoms with Gasteiger partial charge in [0.2, 0.25) is 5.91 Å². The number of piperidine rings is 2. The molecule has 0 aromatic carbocycles. The lowest BCUT2D eigenvalue weighted by Crippen LogP contribution is -2.54. The lowest BCUT2D eigenvalue weighted by atomic mass is 9.80. The van der Waals surface area contributed by atoms with E-state index >= 15 is 0 Å². The van der Waals surface area contributed by atoms with Gasteiger partial charge in [-0.25, -0.2) is 0 Å². The maximum absolute atomic E-state index is 11.7. The molecule has 0 unspecified atom stereocenters. The highest BCUT2D eigenvalue weighted by Gasteiger charge is 2.36. The molecular formula is C10H18N2O. The second kappa shape index (κ2) is 3.29. The molecule has 0 radical (unpaired) electrons. The van der Waals surface area contributed by atoms with Crippen LogP contribution in [-0.2, 0) is 4.79 Å². The summed E-state index contributed by atoms with van der Waals surface area (Å²) in [6.07, 6.45) is 5.02. The topological polar surface area (TPSA) is 46.3 Å². The third-order valence-electron chi connectivity index (χ3n) is 3.38. The third-order valence-corrected chi connectivity index (χ3v) is 3.38. The predicted octanol–water partition coefficient (Wildman–Crippen LogP) is 0.735. The molecule has 2 bridgehead atoms. The quantitative estimate of drug-likeness (QED) is 0.650. The number of nitrogens with two attached hydrogens (primary N) is 1. The highest BCUT2D eigenvalue weighted by molar-refractivity contribution is 5.81. The van der Waals surface area contributed by atoms with Crippen molar-refractivity contribution >= 4 is 5.91 Å². The minimum Gasteiger partial charge on any atom is -0.338 e. The van der Waals surface area contributed by atoms with Crippen LogP contribution in [0.4, 0.5) is 0 Å². The summed E-state index contributed by atoms with van der Waals surface area (Å²) >= 11 is 0. The van der Waals surface area contributed by atoms with Gasteiger partial charge in [0.1, 0.15) is 0 Å². The van der Waals surface area contributed by atoms with Crippen LogP contribution in [0.3, 0.4) is 0 Å². The highest BCUT2D eigenvalue weighted by Crippen LogP contribution is 2.34. The van der Waals surface area contributed by atoms with Crippen molar-refractivity contribution < 1.29 is 4.79 Å². The van der Waals surface area contributed by atoms with Crippen molar-refractivity contribution in [1.29, 1.82) is 0 Å². The lowest BCUT2D eigenvalue weighted by molar-refractivity contribution is -0.139. The van der Waals surface area contributed by atoms with E-state index in [4.69, 9.17) is 5.73 Å². The monoisotopic (exact) mass is 182 g/mol. The van der Waals surface area contributed by atoms with Gasteiger partial charge in [-0.1, -0.05) is 0 Å². The Bertz CT molecular complexity index is 207. The molecule has 3 aliphatic rings. The van der Waals surface area contributed by atoms with E-state index in [-0.39, 0.29) is 11.9 Å². The largest absolute Gasteiger partial charge is 0.338 e. The van der Waals surface area contributed by atoms with Gasteiger partial charge in [-0.2, -0.15) is 0 Å². The Labute approximate surface area is 79.3 Å². The first-order valence-corrected chi connectivity index (χ1v) is 5.24. The minimum absolute atomic E-state index is 0.148. The average Bonchev–Trinajstić information content (AvgIpc) is 2.18. The second-order valence-electron chi connectivity index (χ2n) is 4.45. The number of hydrogen-bond donors (Lipinski definition) is 1. The summed E-state index contributed by atoms with van der Waals surface area (Å²) in [6.45, 7) is 2.75. The smallest absolute Gasteiger partial charge is 0.239 e. The Balaban J connectivity index is 2.04. The molecule has 2 N–H and O–H groups in total. The van der Waals surface area contributed by atoms with Crippen LogP contribution in [0.5, 0.6) is 0 Å². The van der Waals surface area contributed by atoms with E-state index in [9.17, 15) is 4.79 Å². The standard InChI is InChI=1S/C10H18N2O/c1-7(11)10(13)12-6-8-2-4-9(12)5-3-8/h7-9H,2-6,11H2,1H3/t7-,8?,9?/m0/s1. The highest BCUT2D eigenvalue weighted by atomic mass is 16.2. The van der Waals surface area contributed by atoms with Crippen LogP contribution in [0, 0.1) is 5.92 Å². The van der Waals surface area contributed by atoms with Crippen LogP contribution in [0.2, 0.25) is 0 Å². The number of rotatable bonds is 1. The van der Waals surface area contributed by atoms with E-state index in [1.54, 1.807) is 6.92 Å². The molecule has 2 heterocycles. The molecule has 2 aliphatic heterocycles. The molecule has 1 amide bonds. The number of carbonyl (C=O) groups is 1. The molecule has 3 heteroatoms. The lowest BCUT2D eigenvalue weighted by Gasteiger charge is -2.45. The van der Waals surface area contributed by atoms with E-state index in [1.165, 1.54) is 25.7 Å². The number of hydrogen-bond acceptors (Lipinski definition) is 2. The molecule has 74 valence electrons. The van der Waals surface area contributed by atoms with Gasteiger partial charge in [-0.3, -0.25) is 4.79 Å². The van der Waals surface area contributed by atoms with E-state index in [1.807, 2.05) is 4.90 Å². The van der Waals surface area contributed by atoms with E-state index in [0.29, 0.717) is 6.04 Å². The molecule has 0 aromatic heterocycles. The number of fused-ring (bicyclic) bond motifs is 3. The molecule has 3 nitrogen and oxygen atoms in total. The molecule has 0 aromatic rings. The van der Waals surface area contributed by atoms with Crippen molar-refractivity contribution in [1.82, 2.24) is 4.90 Å². The van der Waals surface area contributed by atoms with Crippen LogP contribution in [-0.4, -0.2) is 29.4 Å². The fourth-order valence-electron chi connectivity index (χ4n) is 2.60. The van der Waals surface area contributed by atoms with Crippen molar-refractivity contribution in [2.45, 2.75) is 44.7 Å². The number of carbonyl (C=O) groups excluding carboxylic acids is 1. The van der Waals surface area contributed by atoms with E-state index in [2.05, 4.69) is 0 Å². The van der Waals surface area contributed by atoms with Crippen molar-refractivity contribution in [2.24, 2.45) is 11.7 Å². The first-order valence-electron chi connectivity index (χ1n) is 5.24. The zero-order chi connectivity index (χ0) is 9.42. The average molecular weight is 182 g/mol. The van der Waals surface area contributed by atoms with Gasteiger partial charge in [0.05, 0.1) is 6.04 Å². The Morgan fingerprint density at radius 1 is 1.38 bits per heavy atom. The molecule has 0 spiro atoms. The zero-order valence-electron chi connectivity index (χ0n) is 8.20. The maximum Gasteiger partial charge on any atom is 0.239 e. The van der Waals surface area contributed by atoms with Crippen LogP contribution in [0.25, 0.3) is 0 Å². The molecular weight excluding hydrogens is 164 g/mol. The summed E-state index contributed by atoms with van der Waals surface area (Å²) in [7, 11) is 0. The summed E-state index contributed by atoms with van der Waals surface area (Å²) in [5.41, 5.74) is 5.61. The fraction of sp³-hybridized carbons (Fsp3) is 0.900. The van der Waals surface area contributed by atoms with Crippen LogP contribution >= 0.6 is 0 Å². The van der Waals surface area contributed by atoms with Gasteiger partial charge in [0, 0.05) is 12.6 Å². The molecule has 13 heavy (non-hydrogen) atoms. The Morgan fingerprint density at radius 3 is 2.38 bits per heavy atom. The first kappa shape index (κ1) is 9.00. The Kier molecular flexibility index (Phi) is 2.28. The van der Waals surface area contributed by atoms with Gasteiger partial charge in [-0.15, -0.1) is 0 Å². The third kappa shape index (κ3) is 1.57. The summed E-state index contributed by atoms with van der Waals surface area (Å²) in [6, 6.07) is 0.183. The Morgan fingerprint density at radius 2 is 2.00 bits per heavy atom. The van der Waals surface area contributed by atoms with Gasteiger partial charge < -0.3 is 10.6 Å². The second-order valence-corrected chi connectivity index (χ2v) is 4.45. The summed E-state index contributed by atoms with van der Waals surface area (Å²) in [4.78, 5) is 13.7. The van der Waals surface area contributed by atoms with Gasteiger partial charge >= 0.3 is 0 Å². The first-order chi connectivity index (χ1) is 6.18. The van der Waals surface area contributed by atoms with Gasteiger partial charge in [0.25, 0.3) is 0 Å². The normalized spacial score (nSPS) is 34.8. The van der Waals surface area contributed by atoms with Crippen molar-refractivity contribution in [2.75, 3.05) is 6.54 Å². The predicted molar refractivity (Wildman–Crippen MR) is 51.1 cm³/mol. The molecule has 1 saturated carbocycles. The molecule has 2 saturated heterocycles.